The van der Waals surface area contributed by atoms with Gasteiger partial charge in [0.15, 0.2) is 12.6 Å². The maximum atomic E-state index is 13.0. The van der Waals surface area contributed by atoms with E-state index in [1.807, 2.05) is 13.8 Å². The number of fused-ring (bicyclic) bond motifs is 4. The molecule has 0 aliphatic carbocycles. The van der Waals surface area contributed by atoms with Gasteiger partial charge < -0.3 is 28.4 Å². The van der Waals surface area contributed by atoms with E-state index in [0.717, 1.165) is 37.2 Å². The number of unbranched alkanes of at least 4 members (excludes halogenated alkanes) is 28. The normalized spacial score (nSPS) is 25.9. The minimum Gasteiger partial charge on any atom is -0.458 e. The van der Waals surface area contributed by atoms with Crippen molar-refractivity contribution in [3.63, 3.8) is 0 Å². The molecule has 0 amide bonds. The van der Waals surface area contributed by atoms with Gasteiger partial charge in [-0.1, -0.05) is 194 Å². The van der Waals surface area contributed by atoms with E-state index < -0.39 is 0 Å². The first-order valence-corrected chi connectivity index (χ1v) is 28.7. The van der Waals surface area contributed by atoms with Crippen LogP contribution in [0.2, 0.25) is 0 Å². The number of carbonyl (C=O) groups is 2. The van der Waals surface area contributed by atoms with Crippen molar-refractivity contribution in [2.75, 3.05) is 24.7 Å². The first-order chi connectivity index (χ1) is 30.4. The van der Waals surface area contributed by atoms with Crippen molar-refractivity contribution >= 4 is 35.5 Å². The molecule has 4 bridgehead atoms. The third-order valence-corrected chi connectivity index (χ3v) is 15.8. The Labute approximate surface area is 390 Å². The van der Waals surface area contributed by atoms with Gasteiger partial charge in [-0.05, 0) is 26.7 Å². The van der Waals surface area contributed by atoms with Crippen LogP contribution >= 0.6 is 23.5 Å². The molecule has 3 saturated heterocycles. The molecule has 364 valence electrons. The number of thioether (sulfide) groups is 2. The van der Waals surface area contributed by atoms with Crippen LogP contribution in [0.4, 0.5) is 0 Å². The predicted octanol–water partition coefficient (Wildman–Crippen LogP) is 14.9. The monoisotopic (exact) mass is 913 g/mol. The van der Waals surface area contributed by atoms with Crippen LogP contribution in [0.25, 0.3) is 0 Å². The quantitative estimate of drug-likeness (QED) is 0.0459. The van der Waals surface area contributed by atoms with Gasteiger partial charge in [-0.25, -0.2) is 0 Å². The molecule has 0 spiro atoms. The minimum atomic E-state index is -0.345. The summed E-state index contributed by atoms with van der Waals surface area (Å²) >= 11 is 3.55. The molecule has 8 nitrogen and oxygen atoms in total. The fraction of sp³-hybridized carbons (Fsp3) is 0.962. The van der Waals surface area contributed by atoms with Crippen LogP contribution in [0, 0.1) is 0 Å². The van der Waals surface area contributed by atoms with E-state index in [0.29, 0.717) is 38.9 Å². The van der Waals surface area contributed by atoms with Gasteiger partial charge in [-0.2, -0.15) is 23.5 Å². The predicted molar refractivity (Wildman–Crippen MR) is 261 cm³/mol. The molecular weight excluding hydrogens is 817 g/mol. The summed E-state index contributed by atoms with van der Waals surface area (Å²) < 4.78 is 37.4. The van der Waals surface area contributed by atoms with Gasteiger partial charge in [-0.3, -0.25) is 9.59 Å². The number of ether oxygens (including phenoxy) is 6. The summed E-state index contributed by atoms with van der Waals surface area (Å²) in [5, 5.41) is 0.139. The van der Waals surface area contributed by atoms with Crippen molar-refractivity contribution in [2.45, 2.75) is 293 Å². The molecule has 0 saturated carbocycles. The van der Waals surface area contributed by atoms with Crippen LogP contribution in [0.1, 0.15) is 246 Å². The Balaban J connectivity index is 1.27. The van der Waals surface area contributed by atoms with Crippen molar-refractivity contribution in [1.82, 2.24) is 0 Å². The van der Waals surface area contributed by atoms with Crippen LogP contribution in [0.3, 0.4) is 0 Å². The van der Waals surface area contributed by atoms with Gasteiger partial charge in [0.2, 0.25) is 0 Å². The minimum absolute atomic E-state index is 0.0697. The second-order valence-corrected chi connectivity index (χ2v) is 21.6. The molecule has 0 unspecified atom stereocenters. The fourth-order valence-corrected chi connectivity index (χ4v) is 11.9. The lowest BCUT2D eigenvalue weighted by molar-refractivity contribution is -0.223. The first kappa shape index (κ1) is 55.8. The summed E-state index contributed by atoms with van der Waals surface area (Å²) in [6.07, 6.45) is 39.6. The van der Waals surface area contributed by atoms with Gasteiger partial charge in [-0.15, -0.1) is 0 Å². The maximum Gasteiger partial charge on any atom is 0.306 e. The zero-order valence-corrected chi connectivity index (χ0v) is 42.2. The van der Waals surface area contributed by atoms with E-state index in [2.05, 4.69) is 13.8 Å². The summed E-state index contributed by atoms with van der Waals surface area (Å²) in [5.74, 6) is 1.27. The summed E-state index contributed by atoms with van der Waals surface area (Å²) in [6, 6.07) is 0. The molecule has 0 aromatic heterocycles. The molecule has 0 aromatic carbocycles. The van der Waals surface area contributed by atoms with E-state index >= 15 is 0 Å². The van der Waals surface area contributed by atoms with E-state index in [4.69, 9.17) is 28.4 Å². The second-order valence-electron chi connectivity index (χ2n) is 18.9. The molecular formula is C52H96O8S2. The molecule has 0 radical (unpaired) electrons. The average molecular weight is 913 g/mol. The second kappa shape index (κ2) is 37.6. The summed E-state index contributed by atoms with van der Waals surface area (Å²) in [4.78, 5) is 26.1. The van der Waals surface area contributed by atoms with Crippen molar-refractivity contribution in [2.24, 2.45) is 0 Å². The molecule has 8 atom stereocenters. The highest BCUT2D eigenvalue weighted by Gasteiger charge is 2.42. The Morgan fingerprint density at radius 3 is 1.00 bits per heavy atom. The third kappa shape index (κ3) is 26.6. The summed E-state index contributed by atoms with van der Waals surface area (Å²) in [6.45, 7) is 9.62. The average Bonchev–Trinajstić information content (AvgIpc) is 3.25. The van der Waals surface area contributed by atoms with Crippen molar-refractivity contribution in [3.8, 4) is 0 Å². The lowest BCUT2D eigenvalue weighted by Gasteiger charge is -2.41. The van der Waals surface area contributed by atoms with Crippen LogP contribution in [0.5, 0.6) is 0 Å². The molecule has 3 heterocycles. The van der Waals surface area contributed by atoms with Gasteiger partial charge in [0.25, 0.3) is 0 Å². The largest absolute Gasteiger partial charge is 0.458 e. The number of carbonyl (C=O) groups excluding carboxylic acids is 2. The Bertz CT molecular complexity index is 999. The molecule has 0 N–H and O–H groups in total. The van der Waals surface area contributed by atoms with E-state index in [1.54, 1.807) is 23.5 Å². The van der Waals surface area contributed by atoms with Gasteiger partial charge in [0.1, 0.15) is 12.2 Å². The van der Waals surface area contributed by atoms with Gasteiger partial charge >= 0.3 is 11.9 Å². The van der Waals surface area contributed by atoms with Crippen LogP contribution in [-0.4, -0.2) is 84.2 Å². The van der Waals surface area contributed by atoms with E-state index in [1.165, 1.54) is 167 Å². The zero-order chi connectivity index (χ0) is 44.3. The Morgan fingerprint density at radius 2 is 0.710 bits per heavy atom. The Hall–Kier alpha value is -0.520. The molecule has 0 aromatic rings. The number of hydrogen-bond donors (Lipinski definition) is 0. The van der Waals surface area contributed by atoms with Crippen LogP contribution in [0.15, 0.2) is 0 Å². The molecule has 3 aliphatic rings. The van der Waals surface area contributed by atoms with Crippen molar-refractivity contribution in [1.29, 1.82) is 0 Å². The van der Waals surface area contributed by atoms with Crippen molar-refractivity contribution in [3.05, 3.63) is 0 Å². The third-order valence-electron chi connectivity index (χ3n) is 13.2. The molecule has 3 fully saturated rings. The number of hydrogen-bond acceptors (Lipinski definition) is 10. The number of esters is 2. The van der Waals surface area contributed by atoms with Crippen molar-refractivity contribution < 1.29 is 38.0 Å². The lowest BCUT2D eigenvalue weighted by Crippen LogP contribution is -2.50. The molecule has 3 aliphatic heterocycles. The maximum absolute atomic E-state index is 13.0. The smallest absolute Gasteiger partial charge is 0.306 e. The lowest BCUT2D eigenvalue weighted by atomic mass is 10.0. The fourth-order valence-electron chi connectivity index (χ4n) is 9.34. The van der Waals surface area contributed by atoms with Crippen LogP contribution < -0.4 is 0 Å². The highest BCUT2D eigenvalue weighted by Crippen LogP contribution is 2.36. The highest BCUT2D eigenvalue weighted by molar-refractivity contribution is 8.00. The highest BCUT2D eigenvalue weighted by atomic mass is 32.2. The SMILES string of the molecule is CCCCCCCCCCCCCCCCCC(=O)O[C@H]1[C@H](C)O[C@@H]2C[C@@H]1SCCO[C@H]1C[C@H](SCCO2)[C@@H](OC(=O)CCCCCCCCCCCCCCCCC)[C@H](C)O1. The van der Waals surface area contributed by atoms with E-state index in [9.17, 15) is 9.59 Å². The standard InChI is InChI=1S/C52H96O8S2/c1-5-7-9-11-13-15-17-19-21-23-25-27-29-31-33-35-47(53)59-51-43(3)57-49-41-45(51)61-39-37-56-50-42-46(62-40-38-55-49)52(44(4)58-50)60-48(54)36-34-32-30-28-26-24-22-20-18-16-14-12-10-8-6-2/h43-46,49-52H,5-42H2,1-4H3/t43-,44-,45-,46-,49+,50+,51-,52-/m0/s1. The molecule has 62 heavy (non-hydrogen) atoms. The Kier molecular flexibility index (Phi) is 33.8. The number of rotatable bonds is 34. The van der Waals surface area contributed by atoms with E-state index in [-0.39, 0.29) is 59.4 Å². The zero-order valence-electron chi connectivity index (χ0n) is 40.6. The molecule has 3 rings (SSSR count). The van der Waals surface area contributed by atoms with Gasteiger partial charge in [0, 0.05) is 47.7 Å². The summed E-state index contributed by atoms with van der Waals surface area (Å²) in [5.41, 5.74) is 0. The van der Waals surface area contributed by atoms with Gasteiger partial charge in [0.05, 0.1) is 25.4 Å². The first-order valence-electron chi connectivity index (χ1n) is 26.6. The van der Waals surface area contributed by atoms with Crippen LogP contribution in [-0.2, 0) is 38.0 Å². The summed E-state index contributed by atoms with van der Waals surface area (Å²) in [7, 11) is 0. The molecule has 10 heteroatoms. The topological polar surface area (TPSA) is 89.5 Å². The Morgan fingerprint density at radius 1 is 0.435 bits per heavy atom.